The molecule has 0 spiro atoms. The fraction of sp³-hybridized carbons (Fsp3) is 0.429. The Morgan fingerprint density at radius 3 is 2.80 bits per heavy atom. The SMILES string of the molecule is C=CCN1COC(COS(=O)(=O)c2ccc(C)cc2)C1. The molecule has 1 aliphatic heterocycles. The third kappa shape index (κ3) is 3.89. The highest BCUT2D eigenvalue weighted by Crippen LogP contribution is 2.15. The average molecular weight is 297 g/mol. The van der Waals surface area contributed by atoms with Crippen LogP contribution in [0.25, 0.3) is 0 Å². The van der Waals surface area contributed by atoms with Crippen LogP contribution in [-0.4, -0.2) is 45.8 Å². The Kier molecular flexibility index (Phi) is 4.93. The van der Waals surface area contributed by atoms with Crippen LogP contribution in [0.3, 0.4) is 0 Å². The summed E-state index contributed by atoms with van der Waals surface area (Å²) in [5, 5.41) is 0. The highest BCUT2D eigenvalue weighted by molar-refractivity contribution is 7.86. The van der Waals surface area contributed by atoms with Crippen molar-refractivity contribution in [3.05, 3.63) is 42.5 Å². The number of aryl methyl sites for hydroxylation is 1. The van der Waals surface area contributed by atoms with Crippen LogP contribution in [0.15, 0.2) is 41.8 Å². The van der Waals surface area contributed by atoms with E-state index in [0.29, 0.717) is 13.3 Å². The first-order valence-electron chi connectivity index (χ1n) is 6.42. The summed E-state index contributed by atoms with van der Waals surface area (Å²) in [6, 6.07) is 6.58. The van der Waals surface area contributed by atoms with Crippen LogP contribution in [-0.2, 0) is 19.0 Å². The molecule has 2 rings (SSSR count). The molecule has 0 aromatic heterocycles. The molecule has 0 radical (unpaired) electrons. The summed E-state index contributed by atoms with van der Waals surface area (Å²) in [5.74, 6) is 0. The van der Waals surface area contributed by atoms with Crippen molar-refractivity contribution >= 4 is 10.1 Å². The van der Waals surface area contributed by atoms with Gasteiger partial charge in [-0.1, -0.05) is 23.8 Å². The van der Waals surface area contributed by atoms with Gasteiger partial charge in [0.25, 0.3) is 10.1 Å². The Bertz CT molecular complexity index is 553. The van der Waals surface area contributed by atoms with Crippen LogP contribution in [0.4, 0.5) is 0 Å². The highest BCUT2D eigenvalue weighted by Gasteiger charge is 2.25. The van der Waals surface area contributed by atoms with Crippen LogP contribution < -0.4 is 0 Å². The van der Waals surface area contributed by atoms with Crippen LogP contribution in [0.2, 0.25) is 0 Å². The molecule has 0 amide bonds. The van der Waals surface area contributed by atoms with Gasteiger partial charge in [0.15, 0.2) is 0 Å². The maximum Gasteiger partial charge on any atom is 0.297 e. The van der Waals surface area contributed by atoms with Gasteiger partial charge in [-0.3, -0.25) is 9.08 Å². The average Bonchev–Trinajstić information content (AvgIpc) is 2.85. The lowest BCUT2D eigenvalue weighted by Crippen LogP contribution is -2.25. The van der Waals surface area contributed by atoms with Gasteiger partial charge in [0, 0.05) is 13.1 Å². The fourth-order valence-corrected chi connectivity index (χ4v) is 2.89. The van der Waals surface area contributed by atoms with E-state index >= 15 is 0 Å². The number of benzene rings is 1. The Morgan fingerprint density at radius 1 is 1.45 bits per heavy atom. The number of hydrogen-bond donors (Lipinski definition) is 0. The Morgan fingerprint density at radius 2 is 2.15 bits per heavy atom. The van der Waals surface area contributed by atoms with E-state index in [1.807, 2.05) is 11.8 Å². The molecule has 5 nitrogen and oxygen atoms in total. The molecule has 0 saturated carbocycles. The van der Waals surface area contributed by atoms with Crippen molar-refractivity contribution in [2.45, 2.75) is 17.9 Å². The van der Waals surface area contributed by atoms with Crippen molar-refractivity contribution in [2.75, 3.05) is 26.4 Å². The maximum atomic E-state index is 12.0. The van der Waals surface area contributed by atoms with E-state index in [0.717, 1.165) is 12.1 Å². The van der Waals surface area contributed by atoms with E-state index in [1.54, 1.807) is 30.3 Å². The molecule has 1 heterocycles. The highest BCUT2D eigenvalue weighted by atomic mass is 32.2. The van der Waals surface area contributed by atoms with Gasteiger partial charge >= 0.3 is 0 Å². The lowest BCUT2D eigenvalue weighted by molar-refractivity contribution is 0.0622. The Hall–Kier alpha value is -1.21. The molecule has 1 aromatic carbocycles. The summed E-state index contributed by atoms with van der Waals surface area (Å²) in [4.78, 5) is 2.20. The zero-order valence-electron chi connectivity index (χ0n) is 11.5. The quantitative estimate of drug-likeness (QED) is 0.589. The third-order valence-corrected chi connectivity index (χ3v) is 4.36. The fourth-order valence-electron chi connectivity index (χ4n) is 1.95. The van der Waals surface area contributed by atoms with Crippen LogP contribution in [0, 0.1) is 6.92 Å². The van der Waals surface area contributed by atoms with Gasteiger partial charge in [0.05, 0.1) is 24.3 Å². The lowest BCUT2D eigenvalue weighted by Gasteiger charge is -2.11. The van der Waals surface area contributed by atoms with Crippen LogP contribution >= 0.6 is 0 Å². The Labute approximate surface area is 119 Å². The third-order valence-electron chi connectivity index (χ3n) is 3.06. The van der Waals surface area contributed by atoms with E-state index in [9.17, 15) is 8.42 Å². The van der Waals surface area contributed by atoms with Gasteiger partial charge in [-0.25, -0.2) is 0 Å². The number of hydrogen-bond acceptors (Lipinski definition) is 5. The second-order valence-electron chi connectivity index (χ2n) is 4.79. The molecule has 20 heavy (non-hydrogen) atoms. The molecule has 6 heteroatoms. The first-order valence-corrected chi connectivity index (χ1v) is 7.83. The summed E-state index contributed by atoms with van der Waals surface area (Å²) in [6.45, 7) is 7.44. The molecule has 0 aliphatic carbocycles. The minimum Gasteiger partial charge on any atom is -0.359 e. The van der Waals surface area contributed by atoms with Gasteiger partial charge in [-0.15, -0.1) is 6.58 Å². The standard InChI is InChI=1S/C14H19NO4S/c1-3-8-15-9-13(18-11-15)10-19-20(16,17)14-6-4-12(2)5-7-14/h3-7,13H,1,8-11H2,2H3. The first-order chi connectivity index (χ1) is 9.51. The second kappa shape index (κ2) is 6.49. The Balaban J connectivity index is 1.90. The van der Waals surface area contributed by atoms with Crippen molar-refractivity contribution in [3.63, 3.8) is 0 Å². The zero-order chi connectivity index (χ0) is 14.6. The molecule has 0 N–H and O–H groups in total. The van der Waals surface area contributed by atoms with Gasteiger partial charge in [-0.05, 0) is 19.1 Å². The van der Waals surface area contributed by atoms with E-state index in [4.69, 9.17) is 8.92 Å². The second-order valence-corrected chi connectivity index (χ2v) is 6.41. The molecule has 1 fully saturated rings. The summed E-state index contributed by atoms with van der Waals surface area (Å²) in [6.07, 6.45) is 1.56. The molecule has 0 bridgehead atoms. The zero-order valence-corrected chi connectivity index (χ0v) is 12.3. The predicted octanol–water partition coefficient (Wildman–Crippen LogP) is 1.54. The molecule has 1 aliphatic rings. The van der Waals surface area contributed by atoms with E-state index in [1.165, 1.54) is 0 Å². The molecule has 1 saturated heterocycles. The number of ether oxygens (including phenoxy) is 1. The lowest BCUT2D eigenvalue weighted by atomic mass is 10.2. The summed E-state index contributed by atoms with van der Waals surface area (Å²) < 4.78 is 34.5. The molecular weight excluding hydrogens is 278 g/mol. The summed E-state index contributed by atoms with van der Waals surface area (Å²) in [5.41, 5.74) is 1.00. The largest absolute Gasteiger partial charge is 0.359 e. The van der Waals surface area contributed by atoms with Crippen LogP contribution in [0.1, 0.15) is 5.56 Å². The van der Waals surface area contributed by atoms with Crippen LogP contribution in [0.5, 0.6) is 0 Å². The normalized spacial score (nSPS) is 20.1. The van der Waals surface area contributed by atoms with Crippen molar-refractivity contribution in [1.29, 1.82) is 0 Å². The first kappa shape index (κ1) is 15.2. The van der Waals surface area contributed by atoms with E-state index in [2.05, 4.69) is 6.58 Å². The predicted molar refractivity (Wildman–Crippen MR) is 75.8 cm³/mol. The van der Waals surface area contributed by atoms with Crippen molar-refractivity contribution in [1.82, 2.24) is 4.90 Å². The molecule has 1 unspecified atom stereocenters. The number of nitrogens with zero attached hydrogens (tertiary/aromatic N) is 1. The monoisotopic (exact) mass is 297 g/mol. The summed E-state index contributed by atoms with van der Waals surface area (Å²) in [7, 11) is -3.71. The minimum atomic E-state index is -3.71. The molecular formula is C14H19NO4S. The van der Waals surface area contributed by atoms with Gasteiger partial charge < -0.3 is 4.74 Å². The molecule has 1 atom stereocenters. The molecule has 110 valence electrons. The smallest absolute Gasteiger partial charge is 0.297 e. The summed E-state index contributed by atoms with van der Waals surface area (Å²) >= 11 is 0. The number of rotatable bonds is 6. The van der Waals surface area contributed by atoms with Crippen molar-refractivity contribution in [3.8, 4) is 0 Å². The van der Waals surface area contributed by atoms with Crippen molar-refractivity contribution < 1.29 is 17.3 Å². The van der Waals surface area contributed by atoms with E-state index < -0.39 is 10.1 Å². The maximum absolute atomic E-state index is 12.0. The minimum absolute atomic E-state index is 0.0316. The van der Waals surface area contributed by atoms with E-state index in [-0.39, 0.29) is 17.6 Å². The van der Waals surface area contributed by atoms with Gasteiger partial charge in [0.1, 0.15) is 0 Å². The van der Waals surface area contributed by atoms with Gasteiger partial charge in [-0.2, -0.15) is 8.42 Å². The molecule has 1 aromatic rings. The topological polar surface area (TPSA) is 55.8 Å². The van der Waals surface area contributed by atoms with Gasteiger partial charge in [0.2, 0.25) is 0 Å². The van der Waals surface area contributed by atoms with Crippen molar-refractivity contribution in [2.24, 2.45) is 0 Å².